The molecule has 1 heterocycles. The van der Waals surface area contributed by atoms with Crippen molar-refractivity contribution in [3.63, 3.8) is 0 Å². The second kappa shape index (κ2) is 5.80. The summed E-state index contributed by atoms with van der Waals surface area (Å²) in [5, 5.41) is 9.55. The van der Waals surface area contributed by atoms with E-state index in [0.717, 1.165) is 25.2 Å². The van der Waals surface area contributed by atoms with E-state index in [-0.39, 0.29) is 11.8 Å². The van der Waals surface area contributed by atoms with E-state index in [1.807, 2.05) is 18.2 Å². The molecule has 1 aromatic rings. The fraction of sp³-hybridized carbons (Fsp3) is 0.500. The molecule has 1 aliphatic rings. The molecule has 0 aliphatic carbocycles. The lowest BCUT2D eigenvalue weighted by atomic mass is 9.87. The Morgan fingerprint density at radius 2 is 2.26 bits per heavy atom. The third kappa shape index (κ3) is 3.19. The van der Waals surface area contributed by atoms with Gasteiger partial charge in [-0.15, -0.1) is 0 Å². The summed E-state index contributed by atoms with van der Waals surface area (Å²) in [6.07, 6.45) is 0. The Morgan fingerprint density at radius 3 is 2.79 bits per heavy atom. The average molecular weight is 284 g/mol. The summed E-state index contributed by atoms with van der Waals surface area (Å²) in [6, 6.07) is 5.74. The van der Waals surface area contributed by atoms with Crippen molar-refractivity contribution < 1.29 is 14.6 Å². The van der Waals surface area contributed by atoms with E-state index in [1.54, 1.807) is 14.0 Å². The predicted molar refractivity (Wildman–Crippen MR) is 73.6 cm³/mol. The highest BCUT2D eigenvalue weighted by Crippen LogP contribution is 2.29. The van der Waals surface area contributed by atoms with Crippen LogP contribution >= 0.6 is 11.6 Å². The number of rotatable bonds is 5. The molecule has 1 aliphatic heterocycles. The minimum absolute atomic E-state index is 0.256. The fourth-order valence-corrected chi connectivity index (χ4v) is 2.60. The maximum Gasteiger partial charge on any atom is 0.306 e. The lowest BCUT2D eigenvalue weighted by Gasteiger charge is -2.41. The van der Waals surface area contributed by atoms with Gasteiger partial charge < -0.3 is 9.84 Å². The van der Waals surface area contributed by atoms with Gasteiger partial charge in [-0.1, -0.05) is 24.6 Å². The molecule has 0 spiro atoms. The van der Waals surface area contributed by atoms with E-state index in [4.69, 9.17) is 21.4 Å². The van der Waals surface area contributed by atoms with E-state index in [1.165, 1.54) is 0 Å². The molecule has 1 fully saturated rings. The second-order valence-corrected chi connectivity index (χ2v) is 5.46. The van der Waals surface area contributed by atoms with Crippen molar-refractivity contribution in [3.8, 4) is 5.75 Å². The maximum atomic E-state index is 10.9. The van der Waals surface area contributed by atoms with Crippen molar-refractivity contribution in [2.45, 2.75) is 13.5 Å². The van der Waals surface area contributed by atoms with Crippen LogP contribution in [0.4, 0.5) is 0 Å². The lowest BCUT2D eigenvalue weighted by molar-refractivity contribution is -0.145. The molecule has 4 nitrogen and oxygen atoms in total. The van der Waals surface area contributed by atoms with Crippen molar-refractivity contribution in [2.75, 3.05) is 20.2 Å². The van der Waals surface area contributed by atoms with Gasteiger partial charge in [0.25, 0.3) is 0 Å². The molecule has 1 saturated heterocycles. The highest BCUT2D eigenvalue weighted by Gasteiger charge is 2.34. The molecule has 104 valence electrons. The Bertz CT molecular complexity index is 472. The number of hydrogen-bond acceptors (Lipinski definition) is 3. The molecule has 0 radical (unpaired) electrons. The molecule has 0 bridgehead atoms. The highest BCUT2D eigenvalue weighted by molar-refractivity contribution is 6.32. The van der Waals surface area contributed by atoms with Gasteiger partial charge in [-0.05, 0) is 23.6 Å². The molecule has 5 heteroatoms. The van der Waals surface area contributed by atoms with Crippen LogP contribution in [0, 0.1) is 11.8 Å². The number of likely N-dealkylation sites (tertiary alicyclic amines) is 1. The van der Waals surface area contributed by atoms with Crippen LogP contribution in [0.3, 0.4) is 0 Å². The first-order valence-electron chi connectivity index (χ1n) is 6.29. The summed E-state index contributed by atoms with van der Waals surface area (Å²) in [4.78, 5) is 13.1. The zero-order valence-electron chi connectivity index (χ0n) is 11.1. The number of carboxylic acid groups (broad SMARTS) is 1. The largest absolute Gasteiger partial charge is 0.495 e. The quantitative estimate of drug-likeness (QED) is 0.902. The molecule has 1 unspecified atom stereocenters. The summed E-state index contributed by atoms with van der Waals surface area (Å²) in [6.45, 7) is 4.23. The molecule has 0 saturated carbocycles. The number of halogens is 1. The first kappa shape index (κ1) is 14.2. The normalized spacial score (nSPS) is 17.8. The zero-order valence-corrected chi connectivity index (χ0v) is 11.9. The highest BCUT2D eigenvalue weighted by atomic mass is 35.5. The van der Waals surface area contributed by atoms with Crippen LogP contribution in [0.1, 0.15) is 12.5 Å². The Morgan fingerprint density at radius 1 is 1.58 bits per heavy atom. The first-order valence-corrected chi connectivity index (χ1v) is 6.66. The number of methoxy groups -OCH3 is 1. The van der Waals surface area contributed by atoms with Gasteiger partial charge in [-0.2, -0.15) is 0 Å². The molecule has 1 aromatic carbocycles. The SMILES string of the molecule is COc1ccc(CN2CC(C(C)C(=O)O)C2)cc1Cl. The van der Waals surface area contributed by atoms with Gasteiger partial charge in [-0.25, -0.2) is 0 Å². The number of hydrogen-bond donors (Lipinski definition) is 1. The third-order valence-electron chi connectivity index (χ3n) is 3.70. The lowest BCUT2D eigenvalue weighted by Crippen LogP contribution is -2.50. The molecule has 2 rings (SSSR count). The summed E-state index contributed by atoms with van der Waals surface area (Å²) < 4.78 is 5.11. The monoisotopic (exact) mass is 283 g/mol. The number of carbonyl (C=O) groups is 1. The van der Waals surface area contributed by atoms with Crippen molar-refractivity contribution in [3.05, 3.63) is 28.8 Å². The Hall–Kier alpha value is -1.26. The number of aliphatic carboxylic acids is 1. The summed E-state index contributed by atoms with van der Waals surface area (Å²) in [7, 11) is 1.59. The minimum Gasteiger partial charge on any atom is -0.495 e. The van der Waals surface area contributed by atoms with Crippen LogP contribution in [0.15, 0.2) is 18.2 Å². The Labute approximate surface area is 117 Å². The second-order valence-electron chi connectivity index (χ2n) is 5.05. The van der Waals surface area contributed by atoms with Crippen LogP contribution in [0.25, 0.3) is 0 Å². The first-order chi connectivity index (χ1) is 9.01. The molecule has 1 atom stereocenters. The Kier molecular flexibility index (Phi) is 4.32. The predicted octanol–water partition coefficient (Wildman–Crippen LogP) is 2.50. The summed E-state index contributed by atoms with van der Waals surface area (Å²) in [5.74, 6) is -0.0505. The van der Waals surface area contributed by atoms with Crippen LogP contribution in [0.2, 0.25) is 5.02 Å². The van der Waals surface area contributed by atoms with Gasteiger partial charge in [0.05, 0.1) is 18.1 Å². The van der Waals surface area contributed by atoms with Gasteiger partial charge >= 0.3 is 5.97 Å². The fourth-order valence-electron chi connectivity index (χ4n) is 2.32. The summed E-state index contributed by atoms with van der Waals surface area (Å²) in [5.41, 5.74) is 1.12. The standard InChI is InChI=1S/C14H18ClNO3/c1-9(14(17)18)11-7-16(8-11)6-10-3-4-13(19-2)12(15)5-10/h3-5,9,11H,6-8H2,1-2H3,(H,17,18). The van der Waals surface area contributed by atoms with Gasteiger partial charge in [-0.3, -0.25) is 9.69 Å². The number of ether oxygens (including phenoxy) is 1. The number of benzene rings is 1. The van der Waals surface area contributed by atoms with Crippen molar-refractivity contribution in [2.24, 2.45) is 11.8 Å². The van der Waals surface area contributed by atoms with Crippen molar-refractivity contribution in [1.29, 1.82) is 0 Å². The van der Waals surface area contributed by atoms with Crippen LogP contribution in [0.5, 0.6) is 5.75 Å². The third-order valence-corrected chi connectivity index (χ3v) is 4.00. The molecular weight excluding hydrogens is 266 g/mol. The molecule has 0 amide bonds. The molecule has 19 heavy (non-hydrogen) atoms. The van der Waals surface area contributed by atoms with E-state index >= 15 is 0 Å². The maximum absolute atomic E-state index is 10.9. The van der Waals surface area contributed by atoms with Crippen LogP contribution in [-0.4, -0.2) is 36.2 Å². The van der Waals surface area contributed by atoms with Gasteiger partial charge in [0, 0.05) is 19.6 Å². The molecule has 1 N–H and O–H groups in total. The van der Waals surface area contributed by atoms with Gasteiger partial charge in [0.1, 0.15) is 5.75 Å². The average Bonchev–Trinajstić information content (AvgIpc) is 2.32. The zero-order chi connectivity index (χ0) is 14.0. The van der Waals surface area contributed by atoms with Gasteiger partial charge in [0.15, 0.2) is 0 Å². The molecular formula is C14H18ClNO3. The van der Waals surface area contributed by atoms with Crippen LogP contribution < -0.4 is 4.74 Å². The van der Waals surface area contributed by atoms with Crippen molar-refractivity contribution >= 4 is 17.6 Å². The smallest absolute Gasteiger partial charge is 0.306 e. The minimum atomic E-state index is -0.711. The topological polar surface area (TPSA) is 49.8 Å². The number of nitrogens with zero attached hydrogens (tertiary/aromatic N) is 1. The van der Waals surface area contributed by atoms with Gasteiger partial charge in [0.2, 0.25) is 0 Å². The van der Waals surface area contributed by atoms with E-state index in [2.05, 4.69) is 4.90 Å². The summed E-state index contributed by atoms with van der Waals surface area (Å²) >= 11 is 6.07. The van der Waals surface area contributed by atoms with E-state index in [9.17, 15) is 4.79 Å². The Balaban J connectivity index is 1.88. The molecule has 0 aromatic heterocycles. The van der Waals surface area contributed by atoms with E-state index in [0.29, 0.717) is 10.8 Å². The van der Waals surface area contributed by atoms with E-state index < -0.39 is 5.97 Å². The van der Waals surface area contributed by atoms with Crippen LogP contribution in [-0.2, 0) is 11.3 Å². The van der Waals surface area contributed by atoms with Crippen molar-refractivity contribution in [1.82, 2.24) is 4.90 Å². The number of carboxylic acids is 1.